The molecule has 0 bridgehead atoms. The maximum atomic E-state index is 14.2. The number of rotatable bonds is 14. The highest BCUT2D eigenvalue weighted by Gasteiger charge is 2.35. The van der Waals surface area contributed by atoms with Crippen LogP contribution in [-0.2, 0) is 26.2 Å². The molecule has 0 aliphatic rings. The first kappa shape index (κ1) is 33.4. The minimum atomic E-state index is -4.31. The van der Waals surface area contributed by atoms with Crippen LogP contribution in [0.5, 0.6) is 11.5 Å². The first-order valence-corrected chi connectivity index (χ1v) is 15.5. The topological polar surface area (TPSA) is 105 Å². The highest BCUT2D eigenvalue weighted by Crippen LogP contribution is 2.36. The molecular weight excluding hydrogens is 573 g/mol. The highest BCUT2D eigenvalue weighted by molar-refractivity contribution is 7.92. The van der Waals surface area contributed by atoms with Crippen LogP contribution >= 0.6 is 0 Å². The fourth-order valence-corrected chi connectivity index (χ4v) is 5.91. The number of ether oxygens (including phenoxy) is 2. The Hall–Kier alpha value is -4.12. The number of anilines is 1. The second-order valence-corrected chi connectivity index (χ2v) is 12.1. The molecule has 0 unspecified atom stereocenters. The number of nitrogens with one attached hydrogen (secondary N) is 1. The van der Waals surface area contributed by atoms with Gasteiger partial charge in [0.25, 0.3) is 10.0 Å². The van der Waals surface area contributed by atoms with E-state index in [0.717, 1.165) is 9.87 Å². The molecule has 0 saturated carbocycles. The average Bonchev–Trinajstić information content (AvgIpc) is 3.00. The van der Waals surface area contributed by atoms with Crippen LogP contribution in [0.4, 0.5) is 10.1 Å². The first-order valence-electron chi connectivity index (χ1n) is 14.1. The lowest BCUT2D eigenvalue weighted by molar-refractivity contribution is -0.140. The van der Waals surface area contributed by atoms with Crippen LogP contribution in [0.2, 0.25) is 0 Å². The molecule has 1 N–H and O–H groups in total. The molecule has 3 rings (SSSR count). The standard InChI is InChI=1S/C32H40FN3O6S/c1-7-23(4)34-32(38)28(8-2)35(20-24-11-13-25(33)14-12-24)31(37)21-36(29-19-26(41-5)15-18-30(29)42-6)43(39,40)27-16-9-22(3)10-17-27/h9-19,23,28H,7-8,20-21H2,1-6H3,(H,34,38)/t23-,28-/m1/s1. The molecule has 43 heavy (non-hydrogen) atoms. The molecule has 232 valence electrons. The maximum Gasteiger partial charge on any atom is 0.264 e. The molecule has 11 heteroatoms. The molecule has 0 fully saturated rings. The summed E-state index contributed by atoms with van der Waals surface area (Å²) in [6, 6.07) is 15.5. The summed E-state index contributed by atoms with van der Waals surface area (Å²) in [6.45, 7) is 6.72. The first-order chi connectivity index (χ1) is 20.4. The third-order valence-electron chi connectivity index (χ3n) is 7.20. The van der Waals surface area contributed by atoms with Gasteiger partial charge in [0.1, 0.15) is 29.9 Å². The van der Waals surface area contributed by atoms with Crippen LogP contribution in [0.1, 0.15) is 44.7 Å². The molecule has 9 nitrogen and oxygen atoms in total. The third kappa shape index (κ3) is 8.25. The van der Waals surface area contributed by atoms with Crippen molar-refractivity contribution in [2.24, 2.45) is 0 Å². The van der Waals surface area contributed by atoms with Crippen molar-refractivity contribution in [1.29, 1.82) is 0 Å². The number of carbonyl (C=O) groups is 2. The smallest absolute Gasteiger partial charge is 0.264 e. The van der Waals surface area contributed by atoms with Crippen molar-refractivity contribution in [3.63, 3.8) is 0 Å². The zero-order valence-corrected chi connectivity index (χ0v) is 26.3. The zero-order chi connectivity index (χ0) is 31.7. The van der Waals surface area contributed by atoms with Crippen LogP contribution in [0.15, 0.2) is 71.6 Å². The van der Waals surface area contributed by atoms with Crippen molar-refractivity contribution < 1.29 is 31.9 Å². The monoisotopic (exact) mass is 613 g/mol. The Labute approximate surface area is 253 Å². The summed E-state index contributed by atoms with van der Waals surface area (Å²) < 4.78 is 53.8. The average molecular weight is 614 g/mol. The van der Waals surface area contributed by atoms with Gasteiger partial charge in [-0.1, -0.05) is 43.7 Å². The van der Waals surface area contributed by atoms with Gasteiger partial charge in [0.15, 0.2) is 0 Å². The van der Waals surface area contributed by atoms with E-state index >= 15 is 0 Å². The van der Waals surface area contributed by atoms with Crippen molar-refractivity contribution in [2.75, 3.05) is 25.1 Å². The van der Waals surface area contributed by atoms with Gasteiger partial charge in [-0.3, -0.25) is 13.9 Å². The predicted molar refractivity (Wildman–Crippen MR) is 164 cm³/mol. The van der Waals surface area contributed by atoms with Gasteiger partial charge in [-0.2, -0.15) is 0 Å². The third-order valence-corrected chi connectivity index (χ3v) is 8.97. The van der Waals surface area contributed by atoms with Gasteiger partial charge in [0.05, 0.1) is 24.8 Å². The summed E-state index contributed by atoms with van der Waals surface area (Å²) in [7, 11) is -1.47. The molecule has 0 saturated heterocycles. The van der Waals surface area contributed by atoms with Gasteiger partial charge in [0.2, 0.25) is 11.8 Å². The van der Waals surface area contributed by atoms with Crippen LogP contribution in [-0.4, -0.2) is 58.0 Å². The zero-order valence-electron chi connectivity index (χ0n) is 25.5. The number of methoxy groups -OCH3 is 2. The van der Waals surface area contributed by atoms with Gasteiger partial charge in [-0.05, 0) is 68.7 Å². The van der Waals surface area contributed by atoms with Gasteiger partial charge in [-0.25, -0.2) is 12.8 Å². The van der Waals surface area contributed by atoms with E-state index in [4.69, 9.17) is 9.47 Å². The summed E-state index contributed by atoms with van der Waals surface area (Å²) in [4.78, 5) is 28.9. The van der Waals surface area contributed by atoms with Gasteiger partial charge >= 0.3 is 0 Å². The molecule has 0 spiro atoms. The Kier molecular flexibility index (Phi) is 11.5. The summed E-state index contributed by atoms with van der Waals surface area (Å²) in [5, 5.41) is 2.93. The SMILES string of the molecule is CC[C@@H](C)NC(=O)[C@@H](CC)N(Cc1ccc(F)cc1)C(=O)CN(c1cc(OC)ccc1OC)S(=O)(=O)c1ccc(C)cc1. The van der Waals surface area contributed by atoms with E-state index < -0.39 is 34.3 Å². The van der Waals surface area contributed by atoms with Crippen LogP contribution in [0.25, 0.3) is 0 Å². The van der Waals surface area contributed by atoms with E-state index in [1.807, 2.05) is 20.8 Å². The van der Waals surface area contributed by atoms with E-state index in [1.54, 1.807) is 31.2 Å². The van der Waals surface area contributed by atoms with E-state index in [9.17, 15) is 22.4 Å². The number of halogens is 1. The predicted octanol–water partition coefficient (Wildman–Crippen LogP) is 5.07. The van der Waals surface area contributed by atoms with Crippen molar-refractivity contribution in [1.82, 2.24) is 10.2 Å². The van der Waals surface area contributed by atoms with Crippen LogP contribution in [0.3, 0.4) is 0 Å². The largest absolute Gasteiger partial charge is 0.497 e. The Morgan fingerprint density at radius 2 is 1.58 bits per heavy atom. The number of nitrogens with zero attached hydrogens (tertiary/aromatic N) is 2. The minimum absolute atomic E-state index is 0.0255. The lowest BCUT2D eigenvalue weighted by atomic mass is 10.1. The van der Waals surface area contributed by atoms with E-state index in [0.29, 0.717) is 17.7 Å². The molecule has 0 heterocycles. The van der Waals surface area contributed by atoms with E-state index in [2.05, 4.69) is 5.32 Å². The molecule has 0 aliphatic carbocycles. The molecule has 2 amide bonds. The summed E-state index contributed by atoms with van der Waals surface area (Å²) in [5.74, 6) is -0.871. The number of sulfonamides is 1. The van der Waals surface area contributed by atoms with Crippen LogP contribution < -0.4 is 19.1 Å². The van der Waals surface area contributed by atoms with E-state index in [-0.39, 0.29) is 41.2 Å². The number of hydrogen-bond acceptors (Lipinski definition) is 6. The number of aryl methyl sites for hydroxylation is 1. The van der Waals surface area contributed by atoms with Gasteiger partial charge < -0.3 is 19.7 Å². The number of hydrogen-bond donors (Lipinski definition) is 1. The molecule has 0 aliphatic heterocycles. The maximum absolute atomic E-state index is 14.2. The number of carbonyl (C=O) groups excluding carboxylic acids is 2. The fourth-order valence-electron chi connectivity index (χ4n) is 4.49. The Morgan fingerprint density at radius 3 is 2.14 bits per heavy atom. The van der Waals surface area contributed by atoms with Gasteiger partial charge in [-0.15, -0.1) is 0 Å². The normalized spacial score (nSPS) is 12.6. The summed E-state index contributed by atoms with van der Waals surface area (Å²) in [6.07, 6.45) is 0.953. The number of amides is 2. The molecule has 3 aromatic carbocycles. The number of benzene rings is 3. The summed E-state index contributed by atoms with van der Waals surface area (Å²) >= 11 is 0. The quantitative estimate of drug-likeness (QED) is 0.272. The lowest BCUT2D eigenvalue weighted by Gasteiger charge is -2.34. The van der Waals surface area contributed by atoms with Crippen LogP contribution in [0, 0.1) is 12.7 Å². The second kappa shape index (κ2) is 14.9. The Balaban J connectivity index is 2.14. The van der Waals surface area contributed by atoms with Gasteiger partial charge in [0, 0.05) is 18.7 Å². The fraction of sp³-hybridized carbons (Fsp3) is 0.375. The second-order valence-electron chi connectivity index (χ2n) is 10.3. The van der Waals surface area contributed by atoms with Crippen molar-refractivity contribution in [3.05, 3.63) is 83.7 Å². The molecule has 0 radical (unpaired) electrons. The van der Waals surface area contributed by atoms with Crippen molar-refractivity contribution in [2.45, 2.75) is 64.1 Å². The van der Waals surface area contributed by atoms with Crippen molar-refractivity contribution in [3.8, 4) is 11.5 Å². The van der Waals surface area contributed by atoms with Crippen molar-refractivity contribution >= 4 is 27.5 Å². The summed E-state index contributed by atoms with van der Waals surface area (Å²) in [5.41, 5.74) is 1.54. The molecule has 2 atom stereocenters. The molecule has 3 aromatic rings. The lowest BCUT2D eigenvalue weighted by Crippen LogP contribution is -2.53. The Bertz CT molecular complexity index is 1500. The Morgan fingerprint density at radius 1 is 0.930 bits per heavy atom. The molecule has 0 aromatic heterocycles. The minimum Gasteiger partial charge on any atom is -0.497 e. The molecular formula is C32H40FN3O6S. The highest BCUT2D eigenvalue weighted by atomic mass is 32.2. The van der Waals surface area contributed by atoms with E-state index in [1.165, 1.54) is 61.6 Å².